The average molecular weight is 270 g/mol. The van der Waals surface area contributed by atoms with E-state index in [1.54, 1.807) is 12.1 Å². The van der Waals surface area contributed by atoms with Gasteiger partial charge >= 0.3 is 5.97 Å². The maximum Gasteiger partial charge on any atom is 0.339 e. The minimum absolute atomic E-state index is 0.139. The molecular weight excluding hydrogens is 252 g/mol. The number of para-hydroxylation sites is 1. The van der Waals surface area contributed by atoms with Crippen molar-refractivity contribution in [1.29, 1.82) is 0 Å². The van der Waals surface area contributed by atoms with E-state index in [0.29, 0.717) is 12.4 Å². The van der Waals surface area contributed by atoms with Gasteiger partial charge in [-0.2, -0.15) is 0 Å². The van der Waals surface area contributed by atoms with Crippen LogP contribution in [0.5, 0.6) is 0 Å². The molecule has 4 heteroatoms. The predicted octanol–water partition coefficient (Wildman–Crippen LogP) is 3.33. The Morgan fingerprint density at radius 2 is 2.15 bits per heavy atom. The lowest BCUT2D eigenvalue weighted by Gasteiger charge is -2.28. The second-order valence-electron chi connectivity index (χ2n) is 4.89. The lowest BCUT2D eigenvalue weighted by Crippen LogP contribution is -2.33. The zero-order chi connectivity index (χ0) is 14.7. The van der Waals surface area contributed by atoms with Crippen LogP contribution in [0.25, 0.3) is 10.9 Å². The zero-order valence-corrected chi connectivity index (χ0v) is 11.7. The van der Waals surface area contributed by atoms with E-state index in [0.717, 1.165) is 10.9 Å². The van der Waals surface area contributed by atoms with Crippen LogP contribution in [-0.4, -0.2) is 28.6 Å². The summed E-state index contributed by atoms with van der Waals surface area (Å²) in [5, 5.41) is 10.3. The van der Waals surface area contributed by atoms with E-state index in [2.05, 4.69) is 11.6 Å². The summed E-state index contributed by atoms with van der Waals surface area (Å²) in [5.41, 5.74) is 1.02. The molecule has 0 aliphatic rings. The summed E-state index contributed by atoms with van der Waals surface area (Å²) in [6.45, 7) is 8.30. The Balaban J connectivity index is 2.67. The topological polar surface area (TPSA) is 53.4 Å². The van der Waals surface area contributed by atoms with Gasteiger partial charge in [0.05, 0.1) is 5.52 Å². The molecule has 0 unspecified atom stereocenters. The normalized spacial score (nSPS) is 10.8. The monoisotopic (exact) mass is 270 g/mol. The number of carbonyl (C=O) groups is 1. The van der Waals surface area contributed by atoms with E-state index in [4.69, 9.17) is 0 Å². The quantitative estimate of drug-likeness (QED) is 0.847. The van der Waals surface area contributed by atoms with Crippen molar-refractivity contribution in [1.82, 2.24) is 4.98 Å². The van der Waals surface area contributed by atoms with Crippen LogP contribution in [0.1, 0.15) is 24.2 Å². The molecule has 104 valence electrons. The van der Waals surface area contributed by atoms with Gasteiger partial charge in [-0.1, -0.05) is 24.3 Å². The molecule has 0 aliphatic heterocycles. The minimum atomic E-state index is -0.965. The summed E-state index contributed by atoms with van der Waals surface area (Å²) in [5.74, 6) is -0.473. The van der Waals surface area contributed by atoms with Gasteiger partial charge in [-0.25, -0.2) is 9.78 Å². The van der Waals surface area contributed by atoms with Crippen LogP contribution in [0.4, 0.5) is 5.82 Å². The van der Waals surface area contributed by atoms with Gasteiger partial charge in [0.2, 0.25) is 0 Å². The molecule has 1 N–H and O–H groups in total. The Hall–Kier alpha value is -2.36. The van der Waals surface area contributed by atoms with Crippen LogP contribution in [-0.2, 0) is 0 Å². The molecule has 4 nitrogen and oxygen atoms in total. The number of fused-ring (bicyclic) bond motifs is 1. The van der Waals surface area contributed by atoms with Crippen molar-refractivity contribution in [2.45, 2.75) is 19.9 Å². The number of aromatic carboxylic acids is 1. The van der Waals surface area contributed by atoms with Crippen LogP contribution in [0.15, 0.2) is 43.0 Å². The SMILES string of the molecule is C=CCN(c1nc2ccccc2cc1C(=O)O)C(C)C. The maximum absolute atomic E-state index is 11.5. The number of hydrogen-bond acceptors (Lipinski definition) is 3. The maximum atomic E-state index is 11.5. The molecule has 1 aromatic carbocycles. The number of rotatable bonds is 5. The van der Waals surface area contributed by atoms with Crippen LogP contribution >= 0.6 is 0 Å². The fourth-order valence-electron chi connectivity index (χ4n) is 2.16. The summed E-state index contributed by atoms with van der Waals surface area (Å²) < 4.78 is 0. The molecule has 0 radical (unpaired) electrons. The Morgan fingerprint density at radius 1 is 1.45 bits per heavy atom. The molecule has 0 atom stereocenters. The summed E-state index contributed by atoms with van der Waals surface area (Å²) in [7, 11) is 0. The number of carboxylic acid groups (broad SMARTS) is 1. The molecule has 0 spiro atoms. The second kappa shape index (κ2) is 5.74. The van der Waals surface area contributed by atoms with Crippen molar-refractivity contribution >= 4 is 22.7 Å². The van der Waals surface area contributed by atoms with Crippen LogP contribution in [0.3, 0.4) is 0 Å². The van der Waals surface area contributed by atoms with Gasteiger partial charge in [0.1, 0.15) is 11.4 Å². The Kier molecular flexibility index (Phi) is 4.03. The van der Waals surface area contributed by atoms with Crippen molar-refractivity contribution in [3.63, 3.8) is 0 Å². The summed E-state index contributed by atoms with van der Waals surface area (Å²) >= 11 is 0. The van der Waals surface area contributed by atoms with Crippen LogP contribution in [0.2, 0.25) is 0 Å². The highest BCUT2D eigenvalue weighted by molar-refractivity contribution is 5.98. The van der Waals surface area contributed by atoms with Crippen molar-refractivity contribution < 1.29 is 9.90 Å². The number of benzene rings is 1. The molecule has 0 saturated heterocycles. The molecule has 0 saturated carbocycles. The number of carboxylic acids is 1. The number of nitrogens with zero attached hydrogens (tertiary/aromatic N) is 2. The highest BCUT2D eigenvalue weighted by Crippen LogP contribution is 2.25. The first-order chi connectivity index (χ1) is 9.54. The highest BCUT2D eigenvalue weighted by atomic mass is 16.4. The molecule has 0 aliphatic carbocycles. The van der Waals surface area contributed by atoms with Crippen molar-refractivity contribution in [3.05, 3.63) is 48.6 Å². The Labute approximate surface area is 118 Å². The van der Waals surface area contributed by atoms with Crippen LogP contribution in [0, 0.1) is 0 Å². The van der Waals surface area contributed by atoms with Crippen molar-refractivity contribution in [2.24, 2.45) is 0 Å². The first-order valence-corrected chi connectivity index (χ1v) is 6.55. The first-order valence-electron chi connectivity index (χ1n) is 6.55. The molecule has 1 aromatic heterocycles. The van der Waals surface area contributed by atoms with Gasteiger partial charge in [0, 0.05) is 18.0 Å². The van der Waals surface area contributed by atoms with Crippen molar-refractivity contribution in [3.8, 4) is 0 Å². The third-order valence-electron chi connectivity index (χ3n) is 3.16. The van der Waals surface area contributed by atoms with E-state index in [-0.39, 0.29) is 11.6 Å². The summed E-state index contributed by atoms with van der Waals surface area (Å²) in [6, 6.07) is 9.34. The third kappa shape index (κ3) is 2.64. The number of anilines is 1. The molecule has 20 heavy (non-hydrogen) atoms. The summed E-state index contributed by atoms with van der Waals surface area (Å²) in [6.07, 6.45) is 1.75. The molecule has 0 bridgehead atoms. The average Bonchev–Trinajstić information content (AvgIpc) is 2.43. The minimum Gasteiger partial charge on any atom is -0.478 e. The highest BCUT2D eigenvalue weighted by Gasteiger charge is 2.20. The fourth-order valence-corrected chi connectivity index (χ4v) is 2.16. The third-order valence-corrected chi connectivity index (χ3v) is 3.16. The first kappa shape index (κ1) is 14.1. The predicted molar refractivity (Wildman–Crippen MR) is 81.4 cm³/mol. The van der Waals surface area contributed by atoms with Gasteiger partial charge < -0.3 is 10.0 Å². The standard InChI is InChI=1S/C16H18N2O2/c1-4-9-18(11(2)3)15-13(16(19)20)10-12-7-5-6-8-14(12)17-15/h4-8,10-11H,1,9H2,2-3H3,(H,19,20). The molecular formula is C16H18N2O2. The van der Waals surface area contributed by atoms with Gasteiger partial charge in [-0.15, -0.1) is 6.58 Å². The van der Waals surface area contributed by atoms with E-state index >= 15 is 0 Å². The number of hydrogen-bond donors (Lipinski definition) is 1. The number of pyridine rings is 1. The van der Waals surface area contributed by atoms with Crippen molar-refractivity contribution in [2.75, 3.05) is 11.4 Å². The summed E-state index contributed by atoms with van der Waals surface area (Å²) in [4.78, 5) is 18.0. The van der Waals surface area contributed by atoms with E-state index in [1.165, 1.54) is 0 Å². The van der Waals surface area contributed by atoms with Gasteiger partial charge in [0.25, 0.3) is 0 Å². The molecule has 1 heterocycles. The Bertz CT molecular complexity index is 650. The van der Waals surface area contributed by atoms with E-state index in [9.17, 15) is 9.90 Å². The Morgan fingerprint density at radius 3 is 2.75 bits per heavy atom. The van der Waals surface area contributed by atoms with Gasteiger partial charge in [-0.3, -0.25) is 0 Å². The van der Waals surface area contributed by atoms with E-state index in [1.807, 2.05) is 43.0 Å². The lowest BCUT2D eigenvalue weighted by atomic mass is 10.1. The van der Waals surface area contributed by atoms with Crippen LogP contribution < -0.4 is 4.90 Å². The molecule has 0 amide bonds. The fraction of sp³-hybridized carbons (Fsp3) is 0.250. The van der Waals surface area contributed by atoms with Gasteiger partial charge in [0.15, 0.2) is 0 Å². The van der Waals surface area contributed by atoms with Gasteiger partial charge in [-0.05, 0) is 26.0 Å². The lowest BCUT2D eigenvalue weighted by molar-refractivity contribution is 0.0697. The second-order valence-corrected chi connectivity index (χ2v) is 4.89. The zero-order valence-electron chi connectivity index (χ0n) is 11.7. The molecule has 2 aromatic rings. The smallest absolute Gasteiger partial charge is 0.339 e. The molecule has 2 rings (SSSR count). The number of aromatic nitrogens is 1. The molecule has 0 fully saturated rings. The largest absolute Gasteiger partial charge is 0.478 e. The van der Waals surface area contributed by atoms with E-state index < -0.39 is 5.97 Å².